The second-order valence-electron chi connectivity index (χ2n) is 13.4. The topological polar surface area (TPSA) is 41.4 Å². The van der Waals surface area contributed by atoms with Crippen LogP contribution in [0.25, 0.3) is 0 Å². The molecular formula is C35H44N5S+. The van der Waals surface area contributed by atoms with Crippen molar-refractivity contribution in [2.75, 3.05) is 44.2 Å². The summed E-state index contributed by atoms with van der Waals surface area (Å²) in [4.78, 5) is 17.1. The molecule has 0 spiro atoms. The zero-order chi connectivity index (χ0) is 27.5. The van der Waals surface area contributed by atoms with Gasteiger partial charge >= 0.3 is 0 Å². The average Bonchev–Trinajstić information content (AvgIpc) is 3.00. The van der Waals surface area contributed by atoms with Gasteiger partial charge in [0.25, 0.3) is 0 Å². The van der Waals surface area contributed by atoms with Crippen LogP contribution in [-0.4, -0.2) is 58.8 Å². The first-order valence-corrected chi connectivity index (χ1v) is 16.8. The van der Waals surface area contributed by atoms with Gasteiger partial charge in [0.05, 0.1) is 44.3 Å². The van der Waals surface area contributed by atoms with Gasteiger partial charge in [-0.3, -0.25) is 4.99 Å². The minimum absolute atomic E-state index is 0.349. The quantitative estimate of drug-likeness (QED) is 0.161. The maximum Gasteiger partial charge on any atom is 0.225 e. The highest BCUT2D eigenvalue weighted by molar-refractivity contribution is 8.13. The molecule has 41 heavy (non-hydrogen) atoms. The van der Waals surface area contributed by atoms with Crippen LogP contribution >= 0.6 is 11.8 Å². The number of hydrogen-bond donors (Lipinski definition) is 0. The van der Waals surface area contributed by atoms with E-state index < -0.39 is 0 Å². The molecule has 214 valence electrons. The van der Waals surface area contributed by atoms with Crippen LogP contribution in [0.3, 0.4) is 0 Å². The van der Waals surface area contributed by atoms with E-state index in [0.717, 1.165) is 79.8 Å². The number of aliphatic imine (C=N–C) groups is 1. The molecule has 1 aromatic heterocycles. The summed E-state index contributed by atoms with van der Waals surface area (Å²) in [5.74, 6) is 4.72. The van der Waals surface area contributed by atoms with Crippen molar-refractivity contribution in [2.24, 2.45) is 28.2 Å². The van der Waals surface area contributed by atoms with E-state index in [0.29, 0.717) is 5.41 Å². The third-order valence-electron chi connectivity index (χ3n) is 10.4. The molecule has 4 saturated carbocycles. The number of quaternary nitrogens is 1. The molecule has 0 radical (unpaired) electrons. The highest BCUT2D eigenvalue weighted by atomic mass is 32.2. The Morgan fingerprint density at radius 1 is 0.805 bits per heavy atom. The fraction of sp³-hybridized carbons (Fsp3) is 0.514. The predicted octanol–water partition coefficient (Wildman–Crippen LogP) is 6.86. The number of thioether (sulfide) groups is 1. The average molecular weight is 567 g/mol. The van der Waals surface area contributed by atoms with Crippen molar-refractivity contribution in [2.45, 2.75) is 50.8 Å². The number of rotatable bonds is 9. The maximum atomic E-state index is 5.61. The Labute approximate surface area is 250 Å². The highest BCUT2D eigenvalue weighted by Crippen LogP contribution is 2.61. The van der Waals surface area contributed by atoms with Crippen LogP contribution in [0.2, 0.25) is 0 Å². The van der Waals surface area contributed by atoms with Crippen LogP contribution in [0, 0.1) is 23.2 Å². The summed E-state index contributed by atoms with van der Waals surface area (Å²) in [6, 6.07) is 24.0. The Hall–Kier alpha value is -2.70. The number of aromatic nitrogens is 2. The van der Waals surface area contributed by atoms with Gasteiger partial charge in [0.1, 0.15) is 6.54 Å². The molecule has 2 aromatic carbocycles. The van der Waals surface area contributed by atoms with E-state index in [2.05, 4.69) is 87.3 Å². The lowest BCUT2D eigenvalue weighted by molar-refractivity contribution is -0.940. The molecule has 5 fully saturated rings. The van der Waals surface area contributed by atoms with Crippen molar-refractivity contribution < 1.29 is 4.48 Å². The molecule has 1 saturated heterocycles. The van der Waals surface area contributed by atoms with Gasteiger partial charge in [0, 0.05) is 29.1 Å². The van der Waals surface area contributed by atoms with Crippen molar-refractivity contribution in [3.05, 3.63) is 90.3 Å². The Morgan fingerprint density at radius 3 is 2.00 bits per heavy atom. The number of anilines is 1. The highest BCUT2D eigenvalue weighted by Gasteiger charge is 2.53. The van der Waals surface area contributed by atoms with Gasteiger partial charge in [-0.25, -0.2) is 9.97 Å². The van der Waals surface area contributed by atoms with Gasteiger partial charge in [-0.15, -0.1) is 11.8 Å². The zero-order valence-corrected chi connectivity index (χ0v) is 25.1. The van der Waals surface area contributed by atoms with E-state index in [1.54, 1.807) is 0 Å². The standard InChI is InChI=1S/C35H44N5S/c1-3-8-28(9-4-1)26-40(18-15-39(16-19-40)34-37-12-7-13-38-34)17-14-36-33(41-27-29-10-5-2-6-11-29)35-23-30-20-31(24-35)22-32(21-30)25-35/h1-13,30-32H,14-27H2/q+1. The van der Waals surface area contributed by atoms with E-state index in [4.69, 9.17) is 4.99 Å². The first-order valence-electron chi connectivity index (χ1n) is 15.8. The van der Waals surface area contributed by atoms with Crippen LogP contribution in [0.15, 0.2) is 84.1 Å². The van der Waals surface area contributed by atoms with Crippen LogP contribution in [0.4, 0.5) is 5.95 Å². The second kappa shape index (κ2) is 11.9. The van der Waals surface area contributed by atoms with Gasteiger partial charge in [0.2, 0.25) is 5.95 Å². The van der Waals surface area contributed by atoms with Crippen molar-refractivity contribution in [3.8, 4) is 0 Å². The van der Waals surface area contributed by atoms with Crippen molar-refractivity contribution in [1.82, 2.24) is 9.97 Å². The fourth-order valence-corrected chi connectivity index (χ4v) is 10.0. The van der Waals surface area contributed by atoms with E-state index in [1.165, 1.54) is 54.7 Å². The lowest BCUT2D eigenvalue weighted by Gasteiger charge is -2.57. The molecule has 5 nitrogen and oxygen atoms in total. The Bertz CT molecular complexity index is 1270. The third-order valence-corrected chi connectivity index (χ3v) is 11.7. The lowest BCUT2D eigenvalue weighted by Crippen LogP contribution is -2.60. The first-order chi connectivity index (χ1) is 20.2. The van der Waals surface area contributed by atoms with Crippen molar-refractivity contribution >= 4 is 22.8 Å². The molecule has 0 unspecified atom stereocenters. The van der Waals surface area contributed by atoms with Crippen molar-refractivity contribution in [3.63, 3.8) is 0 Å². The summed E-state index contributed by atoms with van der Waals surface area (Å²) in [6.45, 7) is 7.28. The molecular weight excluding hydrogens is 522 g/mol. The van der Waals surface area contributed by atoms with E-state index >= 15 is 0 Å². The third kappa shape index (κ3) is 6.10. The van der Waals surface area contributed by atoms with Crippen LogP contribution < -0.4 is 4.90 Å². The molecule has 1 aliphatic heterocycles. The first kappa shape index (κ1) is 27.2. The molecule has 6 heteroatoms. The minimum Gasteiger partial charge on any atom is -0.330 e. The number of nitrogens with zero attached hydrogens (tertiary/aromatic N) is 5. The molecule has 0 atom stereocenters. The summed E-state index contributed by atoms with van der Waals surface area (Å²) in [5, 5.41) is 1.50. The summed E-state index contributed by atoms with van der Waals surface area (Å²) >= 11 is 2.07. The number of hydrogen-bond acceptors (Lipinski definition) is 5. The Kier molecular flexibility index (Phi) is 7.87. The summed E-state index contributed by atoms with van der Waals surface area (Å²) in [6.07, 6.45) is 12.3. The molecule has 0 N–H and O–H groups in total. The largest absolute Gasteiger partial charge is 0.330 e. The second-order valence-corrected chi connectivity index (χ2v) is 14.3. The monoisotopic (exact) mass is 566 g/mol. The SMILES string of the molecule is c1ccc(CSC(=NCC[N+]2(Cc3ccccc3)CCN(c3ncccn3)CC2)C23CC4CC(CC(C4)C2)C3)cc1. The molecule has 8 rings (SSSR count). The van der Waals surface area contributed by atoms with Crippen LogP contribution in [0.1, 0.15) is 49.7 Å². The lowest BCUT2D eigenvalue weighted by atomic mass is 9.50. The Balaban J connectivity index is 1.11. The predicted molar refractivity (Wildman–Crippen MR) is 170 cm³/mol. The van der Waals surface area contributed by atoms with Gasteiger partial charge in [-0.2, -0.15) is 0 Å². The zero-order valence-electron chi connectivity index (χ0n) is 24.3. The molecule has 2 heterocycles. The molecule has 4 bridgehead atoms. The van der Waals surface area contributed by atoms with Crippen LogP contribution in [-0.2, 0) is 12.3 Å². The Morgan fingerprint density at radius 2 is 1.39 bits per heavy atom. The summed E-state index contributed by atoms with van der Waals surface area (Å²) < 4.78 is 1.09. The normalized spacial score (nSPS) is 28.6. The van der Waals surface area contributed by atoms with E-state index in [-0.39, 0.29) is 0 Å². The van der Waals surface area contributed by atoms with Crippen molar-refractivity contribution in [1.29, 1.82) is 0 Å². The van der Waals surface area contributed by atoms with E-state index in [1.807, 2.05) is 18.5 Å². The summed E-state index contributed by atoms with van der Waals surface area (Å²) in [7, 11) is 0. The summed E-state index contributed by atoms with van der Waals surface area (Å²) in [5.41, 5.74) is 3.20. The van der Waals surface area contributed by atoms with Gasteiger partial charge in [-0.1, -0.05) is 60.7 Å². The number of piperazine rings is 1. The van der Waals surface area contributed by atoms with Gasteiger partial charge in [0.15, 0.2) is 0 Å². The molecule has 4 aliphatic carbocycles. The minimum atomic E-state index is 0.349. The molecule has 3 aromatic rings. The van der Waals surface area contributed by atoms with Gasteiger partial charge in [-0.05, 0) is 67.9 Å². The smallest absolute Gasteiger partial charge is 0.225 e. The number of benzene rings is 2. The maximum absolute atomic E-state index is 5.61. The fourth-order valence-electron chi connectivity index (χ4n) is 8.80. The molecule has 0 amide bonds. The van der Waals surface area contributed by atoms with Gasteiger partial charge < -0.3 is 9.38 Å². The molecule has 5 aliphatic rings. The van der Waals surface area contributed by atoms with Crippen LogP contribution in [0.5, 0.6) is 0 Å². The van der Waals surface area contributed by atoms with E-state index in [9.17, 15) is 0 Å².